The van der Waals surface area contributed by atoms with E-state index in [2.05, 4.69) is 33.9 Å². The van der Waals surface area contributed by atoms with Crippen LogP contribution < -0.4 is 9.47 Å². The van der Waals surface area contributed by atoms with E-state index in [0.717, 1.165) is 66.5 Å². The van der Waals surface area contributed by atoms with Crippen molar-refractivity contribution in [2.45, 2.75) is 20.1 Å². The van der Waals surface area contributed by atoms with Gasteiger partial charge in [-0.3, -0.25) is 14.7 Å². The van der Waals surface area contributed by atoms with Gasteiger partial charge in [-0.05, 0) is 54.4 Å². The fraction of sp³-hybridized carbons (Fsp3) is 0.320. The van der Waals surface area contributed by atoms with Crippen LogP contribution in [0.25, 0.3) is 11.1 Å². The molecule has 1 saturated heterocycles. The van der Waals surface area contributed by atoms with E-state index in [0.29, 0.717) is 12.5 Å². The molecule has 0 unspecified atom stereocenters. The van der Waals surface area contributed by atoms with Gasteiger partial charge in [-0.25, -0.2) is 4.98 Å². The Morgan fingerprint density at radius 3 is 2.58 bits per heavy atom. The Labute approximate surface area is 193 Å². The summed E-state index contributed by atoms with van der Waals surface area (Å²) < 4.78 is 17.3. The largest absolute Gasteiger partial charge is 0.487 e. The molecule has 3 aromatic rings. The van der Waals surface area contributed by atoms with Crippen molar-refractivity contribution in [3.8, 4) is 22.8 Å². The van der Waals surface area contributed by atoms with E-state index in [1.54, 1.807) is 19.5 Å². The Morgan fingerprint density at radius 1 is 1.12 bits per heavy atom. The molecule has 0 spiro atoms. The first kappa shape index (κ1) is 24.2. The van der Waals surface area contributed by atoms with Gasteiger partial charge in [-0.2, -0.15) is 0 Å². The molecule has 0 amide bonds. The Balaban J connectivity index is 0.000000968. The smallest absolute Gasteiger partial charge is 0.290 e. The predicted molar refractivity (Wildman–Crippen MR) is 124 cm³/mol. The third-order valence-electron chi connectivity index (χ3n) is 5.22. The third kappa shape index (κ3) is 6.74. The van der Waals surface area contributed by atoms with Crippen LogP contribution in [0.3, 0.4) is 0 Å². The normalized spacial score (nSPS) is 13.5. The Hall–Kier alpha value is -3.49. The Bertz CT molecular complexity index is 1020. The first-order valence-electron chi connectivity index (χ1n) is 10.7. The number of methoxy groups -OCH3 is 1. The van der Waals surface area contributed by atoms with Gasteiger partial charge in [0.05, 0.1) is 26.0 Å². The molecule has 0 aliphatic carbocycles. The summed E-state index contributed by atoms with van der Waals surface area (Å²) in [6, 6.07) is 14.2. The molecular weight excluding hydrogens is 422 g/mol. The van der Waals surface area contributed by atoms with Crippen molar-refractivity contribution >= 4 is 6.47 Å². The minimum absolute atomic E-state index is 0.250. The fourth-order valence-corrected chi connectivity index (χ4v) is 3.73. The highest BCUT2D eigenvalue weighted by Crippen LogP contribution is 2.35. The van der Waals surface area contributed by atoms with Crippen molar-refractivity contribution in [1.29, 1.82) is 0 Å². The topological polar surface area (TPSA) is 94.0 Å². The van der Waals surface area contributed by atoms with Gasteiger partial charge in [-0.1, -0.05) is 6.07 Å². The van der Waals surface area contributed by atoms with E-state index in [9.17, 15) is 0 Å². The average Bonchev–Trinajstić information content (AvgIpc) is 2.85. The van der Waals surface area contributed by atoms with Crippen LogP contribution in [0.1, 0.15) is 16.8 Å². The van der Waals surface area contributed by atoms with Gasteiger partial charge in [0.25, 0.3) is 6.47 Å². The summed E-state index contributed by atoms with van der Waals surface area (Å²) in [6.07, 6.45) is 3.53. The maximum Gasteiger partial charge on any atom is 0.290 e. The van der Waals surface area contributed by atoms with Crippen molar-refractivity contribution in [1.82, 2.24) is 14.9 Å². The zero-order chi connectivity index (χ0) is 23.5. The van der Waals surface area contributed by atoms with Crippen LogP contribution in [0, 0.1) is 6.92 Å². The van der Waals surface area contributed by atoms with Gasteiger partial charge < -0.3 is 19.3 Å². The number of hydrogen-bond donors (Lipinski definition) is 1. The van der Waals surface area contributed by atoms with E-state index in [4.69, 9.17) is 24.1 Å². The lowest BCUT2D eigenvalue weighted by molar-refractivity contribution is -0.122. The number of hydrogen-bond acceptors (Lipinski definition) is 7. The summed E-state index contributed by atoms with van der Waals surface area (Å²) in [7, 11) is 1.65. The molecule has 8 nitrogen and oxygen atoms in total. The van der Waals surface area contributed by atoms with Crippen LogP contribution in [-0.4, -0.2) is 59.9 Å². The standard InChI is InChI=1S/C24H27N3O3.CH2O2/c1-18-14-19(22-7-5-9-26-24(22)28-2)15-20(16-27-10-12-29-13-11-27)23(18)30-17-21-6-3-4-8-25-21;2-1-3/h3-9,14-15H,10-13,16-17H2,1-2H3;1H,(H,2,3). The molecule has 0 radical (unpaired) electrons. The van der Waals surface area contributed by atoms with Crippen LogP contribution in [0.2, 0.25) is 0 Å². The molecule has 2 aromatic heterocycles. The van der Waals surface area contributed by atoms with Gasteiger partial charge in [-0.15, -0.1) is 0 Å². The highest BCUT2D eigenvalue weighted by Gasteiger charge is 2.18. The third-order valence-corrected chi connectivity index (χ3v) is 5.22. The van der Waals surface area contributed by atoms with Crippen molar-refractivity contribution in [2.24, 2.45) is 0 Å². The predicted octanol–water partition coefficient (Wildman–Crippen LogP) is 3.57. The maximum absolute atomic E-state index is 8.36. The Morgan fingerprint density at radius 2 is 1.88 bits per heavy atom. The van der Waals surface area contributed by atoms with Crippen LogP contribution >= 0.6 is 0 Å². The van der Waals surface area contributed by atoms with Gasteiger partial charge in [0.15, 0.2) is 0 Å². The number of carbonyl (C=O) groups is 1. The van der Waals surface area contributed by atoms with Crippen molar-refractivity contribution in [3.63, 3.8) is 0 Å². The van der Waals surface area contributed by atoms with E-state index in [-0.39, 0.29) is 6.47 Å². The van der Waals surface area contributed by atoms with Crippen LogP contribution in [0.15, 0.2) is 54.9 Å². The van der Waals surface area contributed by atoms with Crippen molar-refractivity contribution < 1.29 is 24.1 Å². The summed E-state index contributed by atoms with van der Waals surface area (Å²) in [5.74, 6) is 1.54. The molecular formula is C25H29N3O5. The summed E-state index contributed by atoms with van der Waals surface area (Å²) in [5.41, 5.74) is 5.19. The van der Waals surface area contributed by atoms with E-state index >= 15 is 0 Å². The van der Waals surface area contributed by atoms with Crippen molar-refractivity contribution in [2.75, 3.05) is 33.4 Å². The molecule has 3 heterocycles. The van der Waals surface area contributed by atoms with Gasteiger partial charge >= 0.3 is 0 Å². The summed E-state index contributed by atoms with van der Waals surface area (Å²) in [4.78, 5) is 19.5. The first-order chi connectivity index (χ1) is 16.2. The van der Waals surface area contributed by atoms with E-state index in [1.165, 1.54) is 0 Å². The minimum Gasteiger partial charge on any atom is -0.487 e. The van der Waals surface area contributed by atoms with Gasteiger partial charge in [0, 0.05) is 43.2 Å². The highest BCUT2D eigenvalue weighted by molar-refractivity contribution is 5.71. The number of aromatic nitrogens is 2. The lowest BCUT2D eigenvalue weighted by Crippen LogP contribution is -2.35. The molecule has 1 N–H and O–H groups in total. The molecule has 0 atom stereocenters. The second kappa shape index (κ2) is 12.5. The number of rotatable bonds is 7. The second-order valence-corrected chi connectivity index (χ2v) is 7.45. The minimum atomic E-state index is -0.250. The zero-order valence-electron chi connectivity index (χ0n) is 18.9. The molecule has 33 heavy (non-hydrogen) atoms. The number of benzene rings is 1. The summed E-state index contributed by atoms with van der Waals surface area (Å²) in [6.45, 7) is 6.44. The first-order valence-corrected chi connectivity index (χ1v) is 10.7. The molecule has 174 valence electrons. The molecule has 1 fully saturated rings. The molecule has 1 aliphatic rings. The fourth-order valence-electron chi connectivity index (χ4n) is 3.73. The van der Waals surface area contributed by atoms with Crippen LogP contribution in [0.4, 0.5) is 0 Å². The monoisotopic (exact) mass is 451 g/mol. The number of nitrogens with zero attached hydrogens (tertiary/aromatic N) is 3. The quantitative estimate of drug-likeness (QED) is 0.545. The lowest BCUT2D eigenvalue weighted by atomic mass is 9.99. The number of aryl methyl sites for hydroxylation is 1. The SMILES string of the molecule is COc1ncccc1-c1cc(C)c(OCc2ccccn2)c(CN2CCOCC2)c1.O=CO. The summed E-state index contributed by atoms with van der Waals surface area (Å²) >= 11 is 0. The van der Waals surface area contributed by atoms with E-state index < -0.39 is 0 Å². The molecule has 1 aromatic carbocycles. The lowest BCUT2D eigenvalue weighted by Gasteiger charge is -2.28. The van der Waals surface area contributed by atoms with Gasteiger partial charge in [0.1, 0.15) is 12.4 Å². The second-order valence-electron chi connectivity index (χ2n) is 7.45. The van der Waals surface area contributed by atoms with Crippen molar-refractivity contribution in [3.05, 3.63) is 71.7 Å². The molecule has 0 saturated carbocycles. The highest BCUT2D eigenvalue weighted by atomic mass is 16.5. The number of ether oxygens (including phenoxy) is 3. The molecule has 8 heteroatoms. The zero-order valence-corrected chi connectivity index (χ0v) is 18.9. The van der Waals surface area contributed by atoms with Crippen LogP contribution in [0.5, 0.6) is 11.6 Å². The number of carboxylic acid groups (broad SMARTS) is 1. The number of morpholine rings is 1. The van der Waals surface area contributed by atoms with Gasteiger partial charge in [0.2, 0.25) is 5.88 Å². The van der Waals surface area contributed by atoms with Crippen LogP contribution in [-0.2, 0) is 22.7 Å². The van der Waals surface area contributed by atoms with E-state index in [1.807, 2.05) is 30.3 Å². The molecule has 4 rings (SSSR count). The summed E-state index contributed by atoms with van der Waals surface area (Å²) in [5, 5.41) is 6.89. The molecule has 1 aliphatic heterocycles. The molecule has 0 bridgehead atoms. The average molecular weight is 452 g/mol. The number of pyridine rings is 2. The maximum atomic E-state index is 8.36. The Kier molecular flexibility index (Phi) is 9.17.